The monoisotopic (exact) mass is 270 g/mol. The minimum Gasteiger partial charge on any atom is -0.351 e. The van der Waals surface area contributed by atoms with Crippen molar-refractivity contribution in [2.24, 2.45) is 0 Å². The first-order chi connectivity index (χ1) is 8.59. The van der Waals surface area contributed by atoms with E-state index >= 15 is 0 Å². The summed E-state index contributed by atoms with van der Waals surface area (Å²) >= 11 is 6.05. The van der Waals surface area contributed by atoms with Crippen molar-refractivity contribution in [3.05, 3.63) is 21.7 Å². The second-order valence-corrected chi connectivity index (χ2v) is 5.29. The van der Waals surface area contributed by atoms with E-state index in [0.717, 1.165) is 19.5 Å². The van der Waals surface area contributed by atoms with Gasteiger partial charge in [0.05, 0.1) is 6.33 Å². The molecule has 0 aliphatic carbocycles. The number of aromatic nitrogens is 2. The Morgan fingerprint density at radius 1 is 1.61 bits per heavy atom. The van der Waals surface area contributed by atoms with Crippen molar-refractivity contribution < 1.29 is 0 Å². The fourth-order valence-corrected chi connectivity index (χ4v) is 2.48. The molecular formula is C12H19ClN4O. The molecule has 1 atom stereocenters. The highest BCUT2D eigenvalue weighted by Crippen LogP contribution is 2.22. The summed E-state index contributed by atoms with van der Waals surface area (Å²) in [6, 6.07) is 0.698. The van der Waals surface area contributed by atoms with E-state index < -0.39 is 0 Å². The highest BCUT2D eigenvalue weighted by molar-refractivity contribution is 6.32. The van der Waals surface area contributed by atoms with Gasteiger partial charge in [-0.3, -0.25) is 4.79 Å². The number of nitrogens with one attached hydrogen (secondary N) is 2. The van der Waals surface area contributed by atoms with E-state index in [1.165, 1.54) is 12.7 Å². The molecule has 100 valence electrons. The zero-order chi connectivity index (χ0) is 13.1. The first kappa shape index (κ1) is 13.4. The average Bonchev–Trinajstić information content (AvgIpc) is 2.83. The molecule has 0 saturated carbocycles. The van der Waals surface area contributed by atoms with Crippen molar-refractivity contribution in [1.82, 2.24) is 15.3 Å². The van der Waals surface area contributed by atoms with Gasteiger partial charge < -0.3 is 15.2 Å². The fourth-order valence-electron chi connectivity index (χ4n) is 2.27. The van der Waals surface area contributed by atoms with Crippen LogP contribution in [0, 0.1) is 0 Å². The van der Waals surface area contributed by atoms with E-state index in [1.807, 2.05) is 0 Å². The Labute approximate surface area is 112 Å². The Hall–Kier alpha value is -1.07. The van der Waals surface area contributed by atoms with Crippen LogP contribution in [0.25, 0.3) is 0 Å². The summed E-state index contributed by atoms with van der Waals surface area (Å²) in [4.78, 5) is 20.3. The summed E-state index contributed by atoms with van der Waals surface area (Å²) in [5.41, 5.74) is -0.285. The van der Waals surface area contributed by atoms with Crippen LogP contribution < -0.4 is 15.8 Å². The Morgan fingerprint density at radius 2 is 2.39 bits per heavy atom. The van der Waals surface area contributed by atoms with Gasteiger partial charge in [-0.2, -0.15) is 0 Å². The topological polar surface area (TPSA) is 61.0 Å². The third-order valence-corrected chi connectivity index (χ3v) is 3.59. The van der Waals surface area contributed by atoms with E-state index in [1.54, 1.807) is 0 Å². The van der Waals surface area contributed by atoms with E-state index in [-0.39, 0.29) is 16.6 Å². The Balaban J connectivity index is 2.23. The minimum absolute atomic E-state index is 0.171. The zero-order valence-electron chi connectivity index (χ0n) is 10.7. The lowest BCUT2D eigenvalue weighted by Gasteiger charge is -2.30. The molecule has 1 aromatic rings. The van der Waals surface area contributed by atoms with Crippen LogP contribution in [-0.4, -0.2) is 35.1 Å². The molecule has 6 heteroatoms. The standard InChI is InChI=1S/C12H19ClN4O/c1-8(2)17(6-9-4-3-5-14-9)11-10(13)12(18)16-7-15-11/h7-9,14H,3-6H2,1-2H3,(H,15,16,18). The van der Waals surface area contributed by atoms with Crippen molar-refractivity contribution in [2.75, 3.05) is 18.0 Å². The molecule has 1 aliphatic rings. The maximum Gasteiger partial charge on any atom is 0.271 e. The Kier molecular flexibility index (Phi) is 4.24. The van der Waals surface area contributed by atoms with Crippen LogP contribution in [-0.2, 0) is 0 Å². The van der Waals surface area contributed by atoms with E-state index in [9.17, 15) is 4.79 Å². The van der Waals surface area contributed by atoms with Gasteiger partial charge >= 0.3 is 0 Å². The van der Waals surface area contributed by atoms with Gasteiger partial charge in [-0.1, -0.05) is 11.6 Å². The summed E-state index contributed by atoms with van der Waals surface area (Å²) in [5, 5.41) is 3.62. The number of H-pyrrole nitrogens is 1. The van der Waals surface area contributed by atoms with Crippen molar-refractivity contribution >= 4 is 17.4 Å². The van der Waals surface area contributed by atoms with Crippen LogP contribution in [0.1, 0.15) is 26.7 Å². The summed E-state index contributed by atoms with van der Waals surface area (Å²) in [6.07, 6.45) is 3.76. The molecule has 1 aliphatic heterocycles. The second kappa shape index (κ2) is 5.71. The van der Waals surface area contributed by atoms with E-state index in [2.05, 4.69) is 34.0 Å². The number of hydrogen-bond donors (Lipinski definition) is 2. The summed E-state index contributed by atoms with van der Waals surface area (Å²) in [5.74, 6) is 0.573. The van der Waals surface area contributed by atoms with Gasteiger partial charge in [0.25, 0.3) is 5.56 Å². The normalized spacial score (nSPS) is 19.4. The largest absolute Gasteiger partial charge is 0.351 e. The first-order valence-corrected chi connectivity index (χ1v) is 6.70. The van der Waals surface area contributed by atoms with Crippen LogP contribution in [0.3, 0.4) is 0 Å². The molecule has 0 radical (unpaired) electrons. The van der Waals surface area contributed by atoms with E-state index in [0.29, 0.717) is 11.9 Å². The maximum atomic E-state index is 11.5. The third-order valence-electron chi connectivity index (χ3n) is 3.25. The Morgan fingerprint density at radius 3 is 3.00 bits per heavy atom. The smallest absolute Gasteiger partial charge is 0.271 e. The predicted molar refractivity (Wildman–Crippen MR) is 73.4 cm³/mol. The van der Waals surface area contributed by atoms with Crippen LogP contribution in [0.4, 0.5) is 5.82 Å². The number of aromatic amines is 1. The van der Waals surface area contributed by atoms with Crippen molar-refractivity contribution in [3.8, 4) is 0 Å². The molecule has 0 amide bonds. The molecule has 2 rings (SSSR count). The van der Waals surface area contributed by atoms with Crippen molar-refractivity contribution in [3.63, 3.8) is 0 Å². The van der Waals surface area contributed by atoms with Crippen LogP contribution in [0.15, 0.2) is 11.1 Å². The first-order valence-electron chi connectivity index (χ1n) is 6.33. The molecular weight excluding hydrogens is 252 g/mol. The molecule has 1 fully saturated rings. The molecule has 1 unspecified atom stereocenters. The zero-order valence-corrected chi connectivity index (χ0v) is 11.5. The minimum atomic E-state index is -0.285. The summed E-state index contributed by atoms with van der Waals surface area (Å²) in [6.45, 7) is 6.04. The highest BCUT2D eigenvalue weighted by Gasteiger charge is 2.23. The lowest BCUT2D eigenvalue weighted by molar-refractivity contribution is 0.548. The molecule has 0 bridgehead atoms. The molecule has 0 aromatic carbocycles. The molecule has 18 heavy (non-hydrogen) atoms. The van der Waals surface area contributed by atoms with Crippen molar-refractivity contribution in [2.45, 2.75) is 38.8 Å². The highest BCUT2D eigenvalue weighted by atomic mass is 35.5. The number of nitrogens with zero attached hydrogens (tertiary/aromatic N) is 2. The molecule has 1 saturated heterocycles. The SMILES string of the molecule is CC(C)N(CC1CCCN1)c1nc[nH]c(=O)c1Cl. The molecule has 0 spiro atoms. The third kappa shape index (κ3) is 2.84. The van der Waals surface area contributed by atoms with Crippen molar-refractivity contribution in [1.29, 1.82) is 0 Å². The average molecular weight is 271 g/mol. The van der Waals surface area contributed by atoms with Gasteiger partial charge in [-0.05, 0) is 33.2 Å². The lowest BCUT2D eigenvalue weighted by Crippen LogP contribution is -2.42. The van der Waals surface area contributed by atoms with E-state index in [4.69, 9.17) is 11.6 Å². The number of hydrogen-bond acceptors (Lipinski definition) is 4. The van der Waals surface area contributed by atoms with Crippen LogP contribution in [0.5, 0.6) is 0 Å². The van der Waals surface area contributed by atoms with Gasteiger partial charge in [-0.25, -0.2) is 4.98 Å². The Bertz CT molecular complexity index is 454. The molecule has 1 aromatic heterocycles. The molecule has 2 N–H and O–H groups in total. The number of rotatable bonds is 4. The fraction of sp³-hybridized carbons (Fsp3) is 0.667. The van der Waals surface area contributed by atoms with Crippen LogP contribution in [0.2, 0.25) is 5.02 Å². The summed E-state index contributed by atoms with van der Waals surface area (Å²) in [7, 11) is 0. The van der Waals surface area contributed by atoms with Gasteiger partial charge in [-0.15, -0.1) is 0 Å². The van der Waals surface area contributed by atoms with Gasteiger partial charge in [0, 0.05) is 18.6 Å². The maximum absolute atomic E-state index is 11.5. The van der Waals surface area contributed by atoms with Gasteiger partial charge in [0.1, 0.15) is 5.02 Å². The second-order valence-electron chi connectivity index (χ2n) is 4.91. The lowest BCUT2D eigenvalue weighted by atomic mass is 10.2. The molecule has 2 heterocycles. The quantitative estimate of drug-likeness (QED) is 0.868. The summed E-state index contributed by atoms with van der Waals surface area (Å²) < 4.78 is 0. The van der Waals surface area contributed by atoms with Gasteiger partial charge in [0.2, 0.25) is 0 Å². The molecule has 5 nitrogen and oxygen atoms in total. The predicted octanol–water partition coefficient (Wildman–Crippen LogP) is 1.39. The number of anilines is 1. The van der Waals surface area contributed by atoms with Gasteiger partial charge in [0.15, 0.2) is 5.82 Å². The van der Waals surface area contributed by atoms with Crippen LogP contribution >= 0.6 is 11.6 Å². The number of halogens is 1.